The smallest absolute Gasteiger partial charge is 0.387 e. The molecule has 0 aromatic heterocycles. The van der Waals surface area contributed by atoms with Crippen molar-refractivity contribution < 1.29 is 13.5 Å². The van der Waals surface area contributed by atoms with Gasteiger partial charge in [0.05, 0.1) is 11.4 Å². The fraction of sp³-hybridized carbons (Fsp3) is 0.333. The second-order valence-corrected chi connectivity index (χ2v) is 3.03. The summed E-state index contributed by atoms with van der Waals surface area (Å²) in [6.45, 7) is 0.382. The topological polar surface area (TPSA) is 61.3 Å². The Kier molecular flexibility index (Phi) is 7.20. The first-order chi connectivity index (χ1) is 6.43. The number of hydrogen-bond donors (Lipinski definition) is 2. The standard InChI is InChI=1S/C9H12F2N2O.2ClH/c1-4-3-6(12)7(13)5(2)8(4)14-9(10)11;;/h3,9H,12-13H2,1-2H3;2*1H. The van der Waals surface area contributed by atoms with Crippen molar-refractivity contribution in [2.45, 2.75) is 20.5 Å². The largest absolute Gasteiger partial charge is 0.434 e. The van der Waals surface area contributed by atoms with E-state index in [0.29, 0.717) is 16.8 Å². The lowest BCUT2D eigenvalue weighted by atomic mass is 10.1. The SMILES string of the molecule is Cc1cc(N)c(N)c(C)c1OC(F)F.Cl.Cl. The van der Waals surface area contributed by atoms with E-state index in [1.807, 2.05) is 0 Å². The van der Waals surface area contributed by atoms with E-state index in [4.69, 9.17) is 11.5 Å². The summed E-state index contributed by atoms with van der Waals surface area (Å²) in [5.41, 5.74) is 12.8. The lowest BCUT2D eigenvalue weighted by Crippen LogP contribution is -2.07. The molecule has 1 rings (SSSR count). The van der Waals surface area contributed by atoms with E-state index in [1.54, 1.807) is 13.8 Å². The van der Waals surface area contributed by atoms with E-state index in [9.17, 15) is 8.78 Å². The summed E-state index contributed by atoms with van der Waals surface area (Å²) in [6, 6.07) is 1.51. The lowest BCUT2D eigenvalue weighted by molar-refractivity contribution is -0.0506. The number of nitrogen functional groups attached to an aromatic ring is 2. The fourth-order valence-corrected chi connectivity index (χ4v) is 1.28. The summed E-state index contributed by atoms with van der Waals surface area (Å²) < 4.78 is 28.4. The van der Waals surface area contributed by atoms with Crippen molar-refractivity contribution in [2.75, 3.05) is 11.5 Å². The average molecular weight is 275 g/mol. The number of aryl methyl sites for hydroxylation is 1. The number of alkyl halides is 2. The molecule has 0 bridgehead atoms. The highest BCUT2D eigenvalue weighted by molar-refractivity contribution is 5.85. The second-order valence-electron chi connectivity index (χ2n) is 3.03. The molecule has 0 radical (unpaired) electrons. The predicted octanol–water partition coefficient (Wildman–Crippen LogP) is 2.91. The van der Waals surface area contributed by atoms with E-state index in [2.05, 4.69) is 4.74 Å². The van der Waals surface area contributed by atoms with Crippen LogP contribution in [0.15, 0.2) is 6.07 Å². The zero-order valence-electron chi connectivity index (χ0n) is 8.79. The molecule has 0 aliphatic heterocycles. The maximum atomic E-state index is 12.0. The van der Waals surface area contributed by atoms with Crippen LogP contribution in [0.4, 0.5) is 20.2 Å². The molecule has 0 atom stereocenters. The van der Waals surface area contributed by atoms with E-state index in [0.717, 1.165) is 0 Å². The van der Waals surface area contributed by atoms with E-state index < -0.39 is 6.61 Å². The number of benzene rings is 1. The summed E-state index contributed by atoms with van der Waals surface area (Å²) >= 11 is 0. The molecule has 16 heavy (non-hydrogen) atoms. The van der Waals surface area contributed by atoms with Gasteiger partial charge in [0.2, 0.25) is 0 Å². The summed E-state index contributed by atoms with van der Waals surface area (Å²) in [6.07, 6.45) is 0. The summed E-state index contributed by atoms with van der Waals surface area (Å²) in [5.74, 6) is 0.103. The van der Waals surface area contributed by atoms with Gasteiger partial charge >= 0.3 is 6.61 Å². The molecule has 0 heterocycles. The van der Waals surface area contributed by atoms with Crippen molar-refractivity contribution in [3.63, 3.8) is 0 Å². The van der Waals surface area contributed by atoms with Gasteiger partial charge in [-0.1, -0.05) is 0 Å². The van der Waals surface area contributed by atoms with E-state index >= 15 is 0 Å². The van der Waals surface area contributed by atoms with Crippen LogP contribution in [-0.4, -0.2) is 6.61 Å². The molecular weight excluding hydrogens is 261 g/mol. The van der Waals surface area contributed by atoms with Gasteiger partial charge < -0.3 is 16.2 Å². The molecule has 0 aliphatic carbocycles. The zero-order valence-corrected chi connectivity index (χ0v) is 10.4. The van der Waals surface area contributed by atoms with Crippen LogP contribution in [-0.2, 0) is 0 Å². The highest BCUT2D eigenvalue weighted by Crippen LogP contribution is 2.33. The predicted molar refractivity (Wildman–Crippen MR) is 65.9 cm³/mol. The Morgan fingerprint density at radius 1 is 1.19 bits per heavy atom. The van der Waals surface area contributed by atoms with Crippen LogP contribution in [0.2, 0.25) is 0 Å². The summed E-state index contributed by atoms with van der Waals surface area (Å²) in [4.78, 5) is 0. The maximum absolute atomic E-state index is 12.0. The van der Waals surface area contributed by atoms with Gasteiger partial charge in [0.15, 0.2) is 0 Å². The number of hydrogen-bond acceptors (Lipinski definition) is 3. The van der Waals surface area contributed by atoms with Gasteiger partial charge in [-0.15, -0.1) is 24.8 Å². The molecule has 0 spiro atoms. The fourth-order valence-electron chi connectivity index (χ4n) is 1.28. The van der Waals surface area contributed by atoms with Crippen LogP contribution >= 0.6 is 24.8 Å². The lowest BCUT2D eigenvalue weighted by Gasteiger charge is -2.14. The molecule has 7 heteroatoms. The van der Waals surface area contributed by atoms with Crippen LogP contribution in [0.1, 0.15) is 11.1 Å². The molecule has 0 aliphatic rings. The van der Waals surface area contributed by atoms with Gasteiger partial charge in [-0.3, -0.25) is 0 Å². The number of rotatable bonds is 2. The number of halogens is 4. The van der Waals surface area contributed by atoms with Crippen LogP contribution in [0.5, 0.6) is 5.75 Å². The Morgan fingerprint density at radius 2 is 1.69 bits per heavy atom. The third-order valence-electron chi connectivity index (χ3n) is 1.99. The van der Waals surface area contributed by atoms with Gasteiger partial charge in [0, 0.05) is 5.56 Å². The van der Waals surface area contributed by atoms with Crippen molar-refractivity contribution in [2.24, 2.45) is 0 Å². The van der Waals surface area contributed by atoms with Gasteiger partial charge in [0.25, 0.3) is 0 Å². The van der Waals surface area contributed by atoms with Crippen molar-refractivity contribution in [3.05, 3.63) is 17.2 Å². The maximum Gasteiger partial charge on any atom is 0.387 e. The highest BCUT2D eigenvalue weighted by atomic mass is 35.5. The van der Waals surface area contributed by atoms with Crippen LogP contribution in [0.3, 0.4) is 0 Å². The van der Waals surface area contributed by atoms with Gasteiger partial charge in [0.1, 0.15) is 5.75 Å². The normalized spacial score (nSPS) is 9.31. The van der Waals surface area contributed by atoms with Crippen molar-refractivity contribution >= 4 is 36.2 Å². The Bertz CT molecular complexity index is 362. The second kappa shape index (κ2) is 6.60. The Labute approximate surface area is 105 Å². The molecule has 0 fully saturated rings. The first-order valence-corrected chi connectivity index (χ1v) is 4.03. The monoisotopic (exact) mass is 274 g/mol. The van der Waals surface area contributed by atoms with E-state index in [1.165, 1.54) is 6.07 Å². The van der Waals surface area contributed by atoms with Crippen molar-refractivity contribution in [3.8, 4) is 5.75 Å². The highest BCUT2D eigenvalue weighted by Gasteiger charge is 2.14. The van der Waals surface area contributed by atoms with E-state index in [-0.39, 0.29) is 36.3 Å². The minimum atomic E-state index is -2.85. The first-order valence-electron chi connectivity index (χ1n) is 4.03. The number of anilines is 2. The minimum Gasteiger partial charge on any atom is -0.434 e. The summed E-state index contributed by atoms with van der Waals surface area (Å²) in [7, 11) is 0. The quantitative estimate of drug-likeness (QED) is 0.816. The van der Waals surface area contributed by atoms with Crippen LogP contribution < -0.4 is 16.2 Å². The summed E-state index contributed by atoms with van der Waals surface area (Å²) in [5, 5.41) is 0. The molecule has 0 amide bonds. The third kappa shape index (κ3) is 3.57. The van der Waals surface area contributed by atoms with Gasteiger partial charge in [-0.25, -0.2) is 0 Å². The molecule has 0 saturated heterocycles. The zero-order chi connectivity index (χ0) is 10.9. The number of ether oxygens (including phenoxy) is 1. The molecule has 3 nitrogen and oxygen atoms in total. The number of nitrogens with two attached hydrogens (primary N) is 2. The van der Waals surface area contributed by atoms with Crippen LogP contribution in [0.25, 0.3) is 0 Å². The van der Waals surface area contributed by atoms with Crippen molar-refractivity contribution in [1.29, 1.82) is 0 Å². The first kappa shape index (κ1) is 17.5. The minimum absolute atomic E-state index is 0. The van der Waals surface area contributed by atoms with Crippen molar-refractivity contribution in [1.82, 2.24) is 0 Å². The average Bonchev–Trinajstić information content (AvgIpc) is 2.09. The van der Waals surface area contributed by atoms with Crippen LogP contribution in [0, 0.1) is 13.8 Å². The Balaban J connectivity index is 0. The Hall–Kier alpha value is -0.940. The molecule has 1 aromatic carbocycles. The molecule has 1 aromatic rings. The molecule has 94 valence electrons. The molecule has 0 saturated carbocycles. The molecule has 4 N–H and O–H groups in total. The van der Waals surface area contributed by atoms with Gasteiger partial charge in [-0.2, -0.15) is 8.78 Å². The van der Waals surface area contributed by atoms with Gasteiger partial charge in [-0.05, 0) is 25.5 Å². The molecular formula is C9H14Cl2F2N2O. The Morgan fingerprint density at radius 3 is 2.12 bits per heavy atom. The molecule has 0 unspecified atom stereocenters. The third-order valence-corrected chi connectivity index (χ3v) is 1.99.